The molecule has 14 heavy (non-hydrogen) atoms. The molecule has 0 radical (unpaired) electrons. The van der Waals surface area contributed by atoms with Crippen LogP contribution in [0, 0.1) is 5.82 Å². The minimum absolute atomic E-state index is 0.248. The van der Waals surface area contributed by atoms with Crippen LogP contribution in [0.25, 0.3) is 16.6 Å². The predicted octanol–water partition coefficient (Wildman–Crippen LogP) is 2.98. The number of benzene rings is 1. The smallest absolute Gasteiger partial charge is 0.132 e. The highest BCUT2D eigenvalue weighted by molar-refractivity contribution is 5.85. The van der Waals surface area contributed by atoms with Gasteiger partial charge in [0.25, 0.3) is 0 Å². The molecule has 0 aliphatic heterocycles. The highest BCUT2D eigenvalue weighted by Crippen LogP contribution is 2.22. The van der Waals surface area contributed by atoms with Gasteiger partial charge in [-0.25, -0.2) is 4.39 Å². The van der Waals surface area contributed by atoms with E-state index in [0.29, 0.717) is 16.8 Å². The molecule has 2 aromatic rings. The van der Waals surface area contributed by atoms with Crippen molar-refractivity contribution in [2.24, 2.45) is 4.99 Å². The maximum absolute atomic E-state index is 13.3. The van der Waals surface area contributed by atoms with Crippen molar-refractivity contribution >= 4 is 23.3 Å². The van der Waals surface area contributed by atoms with Crippen LogP contribution in [0.4, 0.5) is 4.39 Å². The molecule has 0 fully saturated rings. The monoisotopic (exact) mass is 188 g/mol. The summed E-state index contributed by atoms with van der Waals surface area (Å²) in [6.07, 6.45) is 0. The van der Waals surface area contributed by atoms with Gasteiger partial charge in [0, 0.05) is 10.9 Å². The molecule has 3 heteroatoms. The Morgan fingerprint density at radius 3 is 2.86 bits per heavy atom. The lowest BCUT2D eigenvalue weighted by atomic mass is 10.2. The van der Waals surface area contributed by atoms with E-state index in [0.717, 1.165) is 5.52 Å². The van der Waals surface area contributed by atoms with Crippen LogP contribution in [0.1, 0.15) is 5.69 Å². The fraction of sp³-hybridized carbons (Fsp3) is 0. The first kappa shape index (κ1) is 8.69. The summed E-state index contributed by atoms with van der Waals surface area (Å²) in [6.45, 7) is 7.05. The minimum atomic E-state index is -0.248. The van der Waals surface area contributed by atoms with Gasteiger partial charge in [-0.3, -0.25) is 4.99 Å². The number of rotatable bonds is 2. The van der Waals surface area contributed by atoms with E-state index in [1.54, 1.807) is 18.2 Å². The van der Waals surface area contributed by atoms with Crippen LogP contribution in [0.2, 0.25) is 0 Å². The Morgan fingerprint density at radius 2 is 2.21 bits per heavy atom. The SMILES string of the molecule is C=NC(=C)c1cc2c(F)cccc2[nH]1. The highest BCUT2D eigenvalue weighted by atomic mass is 19.1. The van der Waals surface area contributed by atoms with Gasteiger partial charge in [-0.1, -0.05) is 12.6 Å². The van der Waals surface area contributed by atoms with E-state index in [1.165, 1.54) is 6.07 Å². The van der Waals surface area contributed by atoms with Crippen LogP contribution in [0.15, 0.2) is 35.8 Å². The summed E-state index contributed by atoms with van der Waals surface area (Å²) in [5, 5.41) is 0.548. The van der Waals surface area contributed by atoms with Crippen molar-refractivity contribution in [3.63, 3.8) is 0 Å². The number of hydrogen-bond donors (Lipinski definition) is 1. The van der Waals surface area contributed by atoms with E-state index in [-0.39, 0.29) is 5.82 Å². The van der Waals surface area contributed by atoms with Crippen molar-refractivity contribution in [2.75, 3.05) is 0 Å². The van der Waals surface area contributed by atoms with Crippen LogP contribution in [-0.2, 0) is 0 Å². The van der Waals surface area contributed by atoms with Crippen LogP contribution in [-0.4, -0.2) is 11.7 Å². The second-order valence-electron chi connectivity index (χ2n) is 2.99. The van der Waals surface area contributed by atoms with Crippen molar-refractivity contribution in [1.29, 1.82) is 0 Å². The summed E-state index contributed by atoms with van der Waals surface area (Å²) in [7, 11) is 0. The molecule has 0 saturated carbocycles. The molecule has 1 aromatic heterocycles. The maximum atomic E-state index is 13.3. The van der Waals surface area contributed by atoms with E-state index < -0.39 is 0 Å². The third-order valence-electron chi connectivity index (χ3n) is 2.11. The van der Waals surface area contributed by atoms with Crippen LogP contribution in [0.5, 0.6) is 0 Å². The van der Waals surface area contributed by atoms with Crippen molar-refractivity contribution in [3.8, 4) is 0 Å². The average molecular weight is 188 g/mol. The molecule has 0 aliphatic carbocycles. The summed E-state index contributed by atoms with van der Waals surface area (Å²) in [5.74, 6) is -0.248. The number of aliphatic imine (C=N–C) groups is 1. The highest BCUT2D eigenvalue weighted by Gasteiger charge is 2.05. The van der Waals surface area contributed by atoms with Crippen molar-refractivity contribution in [3.05, 3.63) is 42.4 Å². The first-order chi connectivity index (χ1) is 6.72. The molecule has 1 N–H and O–H groups in total. The fourth-order valence-electron chi connectivity index (χ4n) is 1.36. The fourth-order valence-corrected chi connectivity index (χ4v) is 1.36. The van der Waals surface area contributed by atoms with Gasteiger partial charge in [0.15, 0.2) is 0 Å². The number of H-pyrrole nitrogens is 1. The Hall–Kier alpha value is -1.90. The number of aromatic amines is 1. The molecule has 0 bridgehead atoms. The topological polar surface area (TPSA) is 28.1 Å². The molecule has 0 unspecified atom stereocenters. The first-order valence-corrected chi connectivity index (χ1v) is 4.15. The Bertz CT molecular complexity index is 511. The zero-order valence-electron chi connectivity index (χ0n) is 7.55. The van der Waals surface area contributed by atoms with Gasteiger partial charge in [0.1, 0.15) is 5.82 Å². The lowest BCUT2D eigenvalue weighted by molar-refractivity contribution is 0.640. The van der Waals surface area contributed by atoms with Gasteiger partial charge in [-0.2, -0.15) is 0 Å². The number of hydrogen-bond acceptors (Lipinski definition) is 1. The zero-order valence-corrected chi connectivity index (χ0v) is 7.55. The molecule has 0 aliphatic rings. The van der Waals surface area contributed by atoms with E-state index in [4.69, 9.17) is 0 Å². The van der Waals surface area contributed by atoms with Crippen LogP contribution in [0.3, 0.4) is 0 Å². The van der Waals surface area contributed by atoms with Gasteiger partial charge >= 0.3 is 0 Å². The molecule has 0 amide bonds. The van der Waals surface area contributed by atoms with Crippen LogP contribution >= 0.6 is 0 Å². The third kappa shape index (κ3) is 1.23. The van der Waals surface area contributed by atoms with Crippen molar-refractivity contribution in [1.82, 2.24) is 4.98 Å². The van der Waals surface area contributed by atoms with E-state index in [1.807, 2.05) is 0 Å². The number of nitrogens with one attached hydrogen (secondary N) is 1. The number of fused-ring (bicyclic) bond motifs is 1. The summed E-state index contributed by atoms with van der Waals surface area (Å²) in [5.41, 5.74) is 1.95. The summed E-state index contributed by atoms with van der Waals surface area (Å²) in [4.78, 5) is 6.70. The lowest BCUT2D eigenvalue weighted by Gasteiger charge is -1.91. The van der Waals surface area contributed by atoms with E-state index in [9.17, 15) is 4.39 Å². The second kappa shape index (κ2) is 3.10. The molecule has 0 atom stereocenters. The van der Waals surface area contributed by atoms with Crippen LogP contribution < -0.4 is 0 Å². The second-order valence-corrected chi connectivity index (χ2v) is 2.99. The number of nitrogens with zero attached hydrogens (tertiary/aromatic N) is 1. The summed E-state index contributed by atoms with van der Waals surface area (Å²) >= 11 is 0. The molecule has 2 rings (SSSR count). The van der Waals surface area contributed by atoms with E-state index in [2.05, 4.69) is 23.3 Å². The van der Waals surface area contributed by atoms with Crippen molar-refractivity contribution in [2.45, 2.75) is 0 Å². The lowest BCUT2D eigenvalue weighted by Crippen LogP contribution is -1.76. The van der Waals surface area contributed by atoms with Crippen molar-refractivity contribution < 1.29 is 4.39 Å². The molecule has 1 heterocycles. The molecule has 0 spiro atoms. The molecule has 0 saturated heterocycles. The predicted molar refractivity (Wildman–Crippen MR) is 56.8 cm³/mol. The molecular formula is C11H9FN2. The zero-order chi connectivity index (χ0) is 10.1. The van der Waals surface area contributed by atoms with Gasteiger partial charge in [0.05, 0.1) is 11.4 Å². The number of halogens is 1. The van der Waals surface area contributed by atoms with Gasteiger partial charge in [-0.15, -0.1) is 0 Å². The largest absolute Gasteiger partial charge is 0.353 e. The normalized spacial score (nSPS) is 10.4. The average Bonchev–Trinajstić information content (AvgIpc) is 2.62. The molecule has 1 aromatic carbocycles. The Balaban J connectivity index is 2.68. The Kier molecular flexibility index (Phi) is 1.93. The number of aromatic nitrogens is 1. The first-order valence-electron chi connectivity index (χ1n) is 4.15. The Morgan fingerprint density at radius 1 is 1.43 bits per heavy atom. The standard InChI is InChI=1S/C11H9FN2/c1-7(13-2)11-6-8-9(12)4-3-5-10(8)14-11/h3-6,14H,1-2H2. The minimum Gasteiger partial charge on any atom is -0.353 e. The maximum Gasteiger partial charge on any atom is 0.132 e. The molecule has 2 nitrogen and oxygen atoms in total. The third-order valence-corrected chi connectivity index (χ3v) is 2.11. The van der Waals surface area contributed by atoms with Gasteiger partial charge in [-0.05, 0) is 24.9 Å². The van der Waals surface area contributed by atoms with Gasteiger partial charge in [0.2, 0.25) is 0 Å². The molecule has 70 valence electrons. The quantitative estimate of drug-likeness (QED) is 0.702. The van der Waals surface area contributed by atoms with Gasteiger partial charge < -0.3 is 4.98 Å². The summed E-state index contributed by atoms with van der Waals surface area (Å²) in [6, 6.07) is 6.56. The summed E-state index contributed by atoms with van der Waals surface area (Å²) < 4.78 is 13.3. The Labute approximate surface area is 80.8 Å². The van der Waals surface area contributed by atoms with E-state index >= 15 is 0 Å². The molecular weight excluding hydrogens is 179 g/mol.